The van der Waals surface area contributed by atoms with Gasteiger partial charge in [0.05, 0.1) is 11.1 Å². The molecule has 0 bridgehead atoms. The predicted octanol–water partition coefficient (Wildman–Crippen LogP) is 6.02. The number of aromatic nitrogens is 3. The van der Waals surface area contributed by atoms with Gasteiger partial charge < -0.3 is 20.1 Å². The number of hydrogen-bond donors (Lipinski definition) is 2. The van der Waals surface area contributed by atoms with Crippen molar-refractivity contribution in [3.05, 3.63) is 78.1 Å². The molecule has 1 aliphatic carbocycles. The third-order valence-corrected chi connectivity index (χ3v) is 6.94. The monoisotopic (exact) mass is 508 g/mol. The number of fused-ring (bicyclic) bond motifs is 1. The lowest BCUT2D eigenvalue weighted by atomic mass is 9.91. The van der Waals surface area contributed by atoms with Crippen LogP contribution in [-0.4, -0.2) is 40.7 Å². The highest BCUT2D eigenvalue weighted by Gasteiger charge is 2.30. The maximum atomic E-state index is 12.9. The third-order valence-electron chi connectivity index (χ3n) is 6.94. The first kappa shape index (κ1) is 25.1. The fourth-order valence-corrected chi connectivity index (χ4v) is 4.96. The molecule has 1 aliphatic rings. The van der Waals surface area contributed by atoms with Crippen molar-refractivity contribution in [1.29, 1.82) is 0 Å². The minimum Gasteiger partial charge on any atom is -0.362 e. The van der Waals surface area contributed by atoms with Gasteiger partial charge in [-0.15, -0.1) is 0 Å². The number of nitrogens with zero attached hydrogens (tertiary/aromatic N) is 4. The molecule has 0 atom stereocenters. The van der Waals surface area contributed by atoms with Crippen molar-refractivity contribution in [2.45, 2.75) is 50.5 Å². The molecule has 2 heterocycles. The topological polar surface area (TPSA) is 58.0 Å². The van der Waals surface area contributed by atoms with Crippen LogP contribution in [0.15, 0.2) is 66.9 Å². The molecule has 0 radical (unpaired) electrons. The summed E-state index contributed by atoms with van der Waals surface area (Å²) in [5.41, 5.74) is 2.02. The maximum Gasteiger partial charge on any atom is 0.416 e. The number of anilines is 2. The van der Waals surface area contributed by atoms with Gasteiger partial charge in [0, 0.05) is 55.7 Å². The van der Waals surface area contributed by atoms with Crippen LogP contribution in [0.1, 0.15) is 36.9 Å². The largest absolute Gasteiger partial charge is 0.416 e. The number of alkyl halides is 3. The Morgan fingerprint density at radius 1 is 0.892 bits per heavy atom. The summed E-state index contributed by atoms with van der Waals surface area (Å²) in [6.07, 6.45) is 1.60. The summed E-state index contributed by atoms with van der Waals surface area (Å²) in [6, 6.07) is 17.9. The Balaban J connectivity index is 1.17. The summed E-state index contributed by atoms with van der Waals surface area (Å²) < 4.78 is 40.6. The number of halogens is 3. The second-order valence-electron chi connectivity index (χ2n) is 9.77. The molecule has 37 heavy (non-hydrogen) atoms. The van der Waals surface area contributed by atoms with Gasteiger partial charge in [-0.2, -0.15) is 18.2 Å². The van der Waals surface area contributed by atoms with Crippen LogP contribution in [0, 0.1) is 0 Å². The van der Waals surface area contributed by atoms with Crippen LogP contribution in [-0.2, 0) is 12.7 Å². The Bertz CT molecular complexity index is 1340. The maximum absolute atomic E-state index is 12.9. The normalized spacial score (nSPS) is 18.2. The van der Waals surface area contributed by atoms with E-state index in [0.29, 0.717) is 24.6 Å². The SMILES string of the molecule is CN(C)c1nc(NC2CCC(NCc3cccn3-c3ccc(C(F)(F)F)cc3)CC2)nc2ccccc12. The first-order valence-electron chi connectivity index (χ1n) is 12.6. The van der Waals surface area contributed by atoms with E-state index in [1.54, 1.807) is 0 Å². The summed E-state index contributed by atoms with van der Waals surface area (Å²) in [6.45, 7) is 0.650. The number of para-hydroxylation sites is 1. The highest BCUT2D eigenvalue weighted by Crippen LogP contribution is 2.30. The van der Waals surface area contributed by atoms with Gasteiger partial charge in [0.25, 0.3) is 0 Å². The number of nitrogens with one attached hydrogen (secondary N) is 2. The molecule has 9 heteroatoms. The van der Waals surface area contributed by atoms with Crippen molar-refractivity contribution >= 4 is 22.7 Å². The molecule has 2 N–H and O–H groups in total. The molecule has 0 aliphatic heterocycles. The zero-order chi connectivity index (χ0) is 26.0. The lowest BCUT2D eigenvalue weighted by Crippen LogP contribution is -2.37. The second kappa shape index (κ2) is 10.4. The molecule has 5 rings (SSSR count). The van der Waals surface area contributed by atoms with E-state index in [2.05, 4.69) is 10.6 Å². The molecule has 0 saturated heterocycles. The molecule has 6 nitrogen and oxygen atoms in total. The van der Waals surface area contributed by atoms with Gasteiger partial charge in [-0.05, 0) is 74.2 Å². The average Bonchev–Trinajstić information content (AvgIpc) is 3.36. The van der Waals surface area contributed by atoms with E-state index in [1.807, 2.05) is 66.2 Å². The van der Waals surface area contributed by atoms with Crippen molar-refractivity contribution in [3.8, 4) is 5.69 Å². The summed E-state index contributed by atoms with van der Waals surface area (Å²) in [5.74, 6) is 1.56. The predicted molar refractivity (Wildman–Crippen MR) is 141 cm³/mol. The van der Waals surface area contributed by atoms with Crippen LogP contribution in [0.4, 0.5) is 24.9 Å². The molecule has 0 unspecified atom stereocenters. The summed E-state index contributed by atoms with van der Waals surface area (Å²) in [4.78, 5) is 11.5. The molecule has 1 fully saturated rings. The van der Waals surface area contributed by atoms with Crippen LogP contribution >= 0.6 is 0 Å². The molecule has 0 spiro atoms. The van der Waals surface area contributed by atoms with E-state index in [4.69, 9.17) is 9.97 Å². The summed E-state index contributed by atoms with van der Waals surface area (Å²) in [5, 5.41) is 8.21. The van der Waals surface area contributed by atoms with E-state index in [1.165, 1.54) is 12.1 Å². The van der Waals surface area contributed by atoms with Gasteiger partial charge in [0.15, 0.2) is 0 Å². The molecular formula is C28H31F3N6. The van der Waals surface area contributed by atoms with E-state index < -0.39 is 11.7 Å². The lowest BCUT2D eigenvalue weighted by Gasteiger charge is -2.30. The van der Waals surface area contributed by atoms with Gasteiger partial charge in [0.2, 0.25) is 5.95 Å². The van der Waals surface area contributed by atoms with Gasteiger partial charge in [-0.1, -0.05) is 12.1 Å². The quantitative estimate of drug-likeness (QED) is 0.320. The fourth-order valence-electron chi connectivity index (χ4n) is 4.96. The van der Waals surface area contributed by atoms with Crippen molar-refractivity contribution in [1.82, 2.24) is 19.9 Å². The Labute approximate surface area is 214 Å². The zero-order valence-corrected chi connectivity index (χ0v) is 21.0. The fraction of sp³-hybridized carbons (Fsp3) is 0.357. The molecule has 2 aromatic heterocycles. The second-order valence-corrected chi connectivity index (χ2v) is 9.77. The average molecular weight is 509 g/mol. The molecule has 1 saturated carbocycles. The van der Waals surface area contributed by atoms with Crippen LogP contribution < -0.4 is 15.5 Å². The van der Waals surface area contributed by atoms with Crippen molar-refractivity contribution in [2.24, 2.45) is 0 Å². The lowest BCUT2D eigenvalue weighted by molar-refractivity contribution is -0.137. The highest BCUT2D eigenvalue weighted by atomic mass is 19.4. The van der Waals surface area contributed by atoms with Gasteiger partial charge in [-0.25, -0.2) is 4.98 Å². The van der Waals surface area contributed by atoms with E-state index in [0.717, 1.165) is 65.9 Å². The van der Waals surface area contributed by atoms with Gasteiger partial charge in [-0.3, -0.25) is 0 Å². The van der Waals surface area contributed by atoms with Crippen molar-refractivity contribution in [3.63, 3.8) is 0 Å². The highest BCUT2D eigenvalue weighted by molar-refractivity contribution is 5.90. The first-order chi connectivity index (χ1) is 17.8. The minimum absolute atomic E-state index is 0.310. The number of hydrogen-bond acceptors (Lipinski definition) is 5. The van der Waals surface area contributed by atoms with Crippen LogP contribution in [0.5, 0.6) is 0 Å². The number of benzene rings is 2. The van der Waals surface area contributed by atoms with Gasteiger partial charge in [0.1, 0.15) is 5.82 Å². The standard InChI is InChI=1S/C28H31F3N6/c1-36(2)26-24-7-3-4-8-25(24)34-27(35-26)33-21-13-11-20(12-14-21)32-18-23-6-5-17-37(23)22-15-9-19(10-16-22)28(29,30)31/h3-10,15-17,20-21,32H,11-14,18H2,1-2H3,(H,33,34,35). The molecule has 194 valence electrons. The van der Waals surface area contributed by atoms with Crippen LogP contribution in [0.25, 0.3) is 16.6 Å². The first-order valence-corrected chi connectivity index (χ1v) is 12.6. The third kappa shape index (κ3) is 5.72. The zero-order valence-electron chi connectivity index (χ0n) is 21.0. The summed E-state index contributed by atoms with van der Waals surface area (Å²) in [7, 11) is 3.98. The number of rotatable bonds is 7. The minimum atomic E-state index is -4.33. The molecule has 2 aromatic carbocycles. The van der Waals surface area contributed by atoms with Crippen molar-refractivity contribution in [2.75, 3.05) is 24.3 Å². The summed E-state index contributed by atoms with van der Waals surface area (Å²) >= 11 is 0. The van der Waals surface area contributed by atoms with E-state index in [-0.39, 0.29) is 0 Å². The van der Waals surface area contributed by atoms with E-state index in [9.17, 15) is 13.2 Å². The van der Waals surface area contributed by atoms with Gasteiger partial charge >= 0.3 is 6.18 Å². The molecule has 0 amide bonds. The smallest absolute Gasteiger partial charge is 0.362 e. The van der Waals surface area contributed by atoms with E-state index >= 15 is 0 Å². The van der Waals surface area contributed by atoms with Crippen LogP contribution in [0.2, 0.25) is 0 Å². The van der Waals surface area contributed by atoms with Crippen LogP contribution in [0.3, 0.4) is 0 Å². The Kier molecular flexibility index (Phi) is 7.06. The molecule has 4 aromatic rings. The Morgan fingerprint density at radius 2 is 1.59 bits per heavy atom. The Hall–Kier alpha value is -3.59. The Morgan fingerprint density at radius 3 is 2.30 bits per heavy atom. The van der Waals surface area contributed by atoms with Crippen molar-refractivity contribution < 1.29 is 13.2 Å². The molecular weight excluding hydrogens is 477 g/mol.